The first-order chi connectivity index (χ1) is 14.2. The number of aromatic nitrogens is 3. The summed E-state index contributed by atoms with van der Waals surface area (Å²) in [5.41, 5.74) is 2.75. The summed E-state index contributed by atoms with van der Waals surface area (Å²) in [5, 5.41) is 9.87. The van der Waals surface area contributed by atoms with Crippen LogP contribution in [0.1, 0.15) is 20.7 Å². The van der Waals surface area contributed by atoms with E-state index in [4.69, 9.17) is 0 Å². The van der Waals surface area contributed by atoms with Gasteiger partial charge >= 0.3 is 0 Å². The third-order valence-corrected chi connectivity index (χ3v) is 4.20. The third-order valence-electron chi connectivity index (χ3n) is 4.20. The summed E-state index contributed by atoms with van der Waals surface area (Å²) in [7, 11) is 0. The summed E-state index contributed by atoms with van der Waals surface area (Å²) < 4.78 is 1.64. The second kappa shape index (κ2) is 8.18. The number of carbonyl (C=O) groups excluding carboxylic acids is 2. The van der Waals surface area contributed by atoms with Gasteiger partial charge in [-0.3, -0.25) is 14.6 Å². The van der Waals surface area contributed by atoms with Gasteiger partial charge in [0.25, 0.3) is 11.8 Å². The number of benzene rings is 2. The Labute approximate surface area is 167 Å². The molecule has 0 spiro atoms. The summed E-state index contributed by atoms with van der Waals surface area (Å²) >= 11 is 0. The number of pyridine rings is 1. The molecule has 0 saturated carbocycles. The van der Waals surface area contributed by atoms with Gasteiger partial charge in [0.1, 0.15) is 0 Å². The fourth-order valence-corrected chi connectivity index (χ4v) is 2.85. The topological polar surface area (TPSA) is 88.9 Å². The normalized spacial score (nSPS) is 10.3. The number of para-hydroxylation sites is 1. The van der Waals surface area contributed by atoms with Crippen LogP contribution >= 0.6 is 0 Å². The Morgan fingerprint density at radius 3 is 2.31 bits per heavy atom. The molecule has 0 aliphatic rings. The van der Waals surface area contributed by atoms with Crippen molar-refractivity contribution in [1.29, 1.82) is 0 Å². The summed E-state index contributed by atoms with van der Waals surface area (Å²) in [6.07, 6.45) is 6.53. The molecule has 7 nitrogen and oxygen atoms in total. The molecule has 2 amide bonds. The van der Waals surface area contributed by atoms with Crippen molar-refractivity contribution in [3.8, 4) is 5.69 Å². The lowest BCUT2D eigenvalue weighted by molar-refractivity contribution is 0.101. The molecule has 0 fully saturated rings. The highest BCUT2D eigenvalue weighted by atomic mass is 16.2. The molecule has 7 heteroatoms. The van der Waals surface area contributed by atoms with Crippen LogP contribution in [0.4, 0.5) is 11.4 Å². The van der Waals surface area contributed by atoms with E-state index < -0.39 is 0 Å². The molecule has 0 atom stereocenters. The van der Waals surface area contributed by atoms with Gasteiger partial charge in [0.2, 0.25) is 0 Å². The number of amides is 2. The Bertz CT molecular complexity index is 1140. The summed E-state index contributed by atoms with van der Waals surface area (Å²) in [4.78, 5) is 29.1. The minimum absolute atomic E-state index is 0.271. The summed E-state index contributed by atoms with van der Waals surface area (Å²) in [6, 6.07) is 19.3. The maximum atomic E-state index is 12.8. The highest BCUT2D eigenvalue weighted by Gasteiger charge is 2.13. The predicted molar refractivity (Wildman–Crippen MR) is 110 cm³/mol. The van der Waals surface area contributed by atoms with Crippen molar-refractivity contribution in [2.45, 2.75) is 0 Å². The highest BCUT2D eigenvalue weighted by molar-refractivity contribution is 6.07. The van der Waals surface area contributed by atoms with Crippen LogP contribution in [0.5, 0.6) is 0 Å². The fraction of sp³-hybridized carbons (Fsp3) is 0. The Kier molecular flexibility index (Phi) is 5.11. The first-order valence-corrected chi connectivity index (χ1v) is 8.92. The smallest absolute Gasteiger partial charge is 0.257 e. The van der Waals surface area contributed by atoms with Gasteiger partial charge in [-0.1, -0.05) is 18.2 Å². The lowest BCUT2D eigenvalue weighted by Gasteiger charge is -2.11. The average molecular weight is 383 g/mol. The summed E-state index contributed by atoms with van der Waals surface area (Å²) in [5.74, 6) is -0.544. The van der Waals surface area contributed by atoms with Crippen LogP contribution in [0, 0.1) is 0 Å². The molecule has 4 rings (SSSR count). The van der Waals surface area contributed by atoms with Gasteiger partial charge in [0.15, 0.2) is 0 Å². The van der Waals surface area contributed by atoms with E-state index in [9.17, 15) is 9.59 Å². The predicted octanol–water partition coefficient (Wildman–Crippen LogP) is 3.77. The third kappa shape index (κ3) is 4.19. The van der Waals surface area contributed by atoms with Crippen molar-refractivity contribution < 1.29 is 9.59 Å². The minimum Gasteiger partial charge on any atom is -0.322 e. The second-order valence-electron chi connectivity index (χ2n) is 6.20. The molecule has 142 valence electrons. The average Bonchev–Trinajstić information content (AvgIpc) is 3.29. The van der Waals surface area contributed by atoms with Gasteiger partial charge in [0, 0.05) is 36.2 Å². The lowest BCUT2D eigenvalue weighted by Crippen LogP contribution is -2.16. The van der Waals surface area contributed by atoms with Gasteiger partial charge < -0.3 is 10.6 Å². The highest BCUT2D eigenvalue weighted by Crippen LogP contribution is 2.19. The van der Waals surface area contributed by atoms with Gasteiger partial charge in [-0.15, -0.1) is 0 Å². The van der Waals surface area contributed by atoms with Crippen molar-refractivity contribution in [3.63, 3.8) is 0 Å². The van der Waals surface area contributed by atoms with E-state index in [0.29, 0.717) is 28.2 Å². The maximum Gasteiger partial charge on any atom is 0.257 e. The van der Waals surface area contributed by atoms with E-state index in [2.05, 4.69) is 20.7 Å². The van der Waals surface area contributed by atoms with E-state index in [-0.39, 0.29) is 11.8 Å². The van der Waals surface area contributed by atoms with Crippen molar-refractivity contribution in [2.24, 2.45) is 0 Å². The maximum absolute atomic E-state index is 12.8. The number of nitrogens with zero attached hydrogens (tertiary/aromatic N) is 3. The van der Waals surface area contributed by atoms with Crippen molar-refractivity contribution in [3.05, 3.63) is 103 Å². The van der Waals surface area contributed by atoms with Crippen LogP contribution in [-0.2, 0) is 0 Å². The minimum atomic E-state index is -0.273. The molecule has 0 bridgehead atoms. The van der Waals surface area contributed by atoms with Crippen LogP contribution in [-0.4, -0.2) is 26.6 Å². The first-order valence-electron chi connectivity index (χ1n) is 8.92. The number of rotatable bonds is 5. The van der Waals surface area contributed by atoms with Gasteiger partial charge in [-0.05, 0) is 48.5 Å². The van der Waals surface area contributed by atoms with E-state index >= 15 is 0 Å². The number of hydrogen-bond donors (Lipinski definition) is 2. The zero-order valence-corrected chi connectivity index (χ0v) is 15.3. The van der Waals surface area contributed by atoms with Crippen LogP contribution in [0.3, 0.4) is 0 Å². The van der Waals surface area contributed by atoms with Crippen LogP contribution in [0.2, 0.25) is 0 Å². The van der Waals surface area contributed by atoms with Crippen molar-refractivity contribution in [2.75, 3.05) is 10.6 Å². The molecular formula is C22H17N5O2. The number of anilines is 2. The van der Waals surface area contributed by atoms with E-state index in [1.54, 1.807) is 77.9 Å². The zero-order chi connectivity index (χ0) is 20.1. The van der Waals surface area contributed by atoms with E-state index in [1.165, 1.54) is 6.20 Å². The molecule has 2 aromatic heterocycles. The second-order valence-corrected chi connectivity index (χ2v) is 6.20. The molecule has 0 radical (unpaired) electrons. The van der Waals surface area contributed by atoms with Gasteiger partial charge in [-0.2, -0.15) is 5.10 Å². The quantitative estimate of drug-likeness (QED) is 0.549. The van der Waals surface area contributed by atoms with E-state index in [1.807, 2.05) is 12.1 Å². The molecule has 29 heavy (non-hydrogen) atoms. The molecular weight excluding hydrogens is 366 g/mol. The van der Waals surface area contributed by atoms with Crippen LogP contribution in [0.25, 0.3) is 5.69 Å². The largest absolute Gasteiger partial charge is 0.322 e. The lowest BCUT2D eigenvalue weighted by atomic mass is 10.1. The molecule has 2 N–H and O–H groups in total. The Morgan fingerprint density at radius 1 is 0.793 bits per heavy atom. The Balaban J connectivity index is 1.52. The number of hydrogen-bond acceptors (Lipinski definition) is 4. The Morgan fingerprint density at radius 2 is 1.59 bits per heavy atom. The van der Waals surface area contributed by atoms with E-state index in [0.717, 1.165) is 0 Å². The SMILES string of the molecule is O=C(Nc1cccc(NC(=O)c2ccccc2-n2cccn2)c1)c1cccnc1. The van der Waals surface area contributed by atoms with Gasteiger partial charge in [0.05, 0.1) is 16.8 Å². The van der Waals surface area contributed by atoms with Crippen LogP contribution < -0.4 is 10.6 Å². The molecule has 0 unspecified atom stereocenters. The zero-order valence-electron chi connectivity index (χ0n) is 15.3. The molecule has 0 aliphatic heterocycles. The first kappa shape index (κ1) is 18.1. The molecule has 2 aromatic carbocycles. The van der Waals surface area contributed by atoms with Crippen molar-refractivity contribution in [1.82, 2.24) is 14.8 Å². The molecule has 4 aromatic rings. The van der Waals surface area contributed by atoms with Gasteiger partial charge in [-0.25, -0.2) is 4.68 Å². The molecule has 0 aliphatic carbocycles. The molecule has 2 heterocycles. The number of nitrogens with one attached hydrogen (secondary N) is 2. The van der Waals surface area contributed by atoms with Crippen molar-refractivity contribution >= 4 is 23.2 Å². The fourth-order valence-electron chi connectivity index (χ4n) is 2.85. The Hall–Kier alpha value is -4.26. The van der Waals surface area contributed by atoms with Crippen LogP contribution in [0.15, 0.2) is 91.5 Å². The molecule has 0 saturated heterocycles. The monoisotopic (exact) mass is 383 g/mol. The standard InChI is InChI=1S/C22H17N5O2/c28-21(16-6-4-11-23-15-16)25-17-7-3-8-18(14-17)26-22(29)19-9-1-2-10-20(19)27-13-5-12-24-27/h1-15H,(H,25,28)(H,26,29). The number of carbonyl (C=O) groups is 2. The summed E-state index contributed by atoms with van der Waals surface area (Å²) in [6.45, 7) is 0.